The predicted molar refractivity (Wildman–Crippen MR) is 58.2 cm³/mol. The Labute approximate surface area is 102 Å². The third-order valence-corrected chi connectivity index (χ3v) is 3.29. The van der Waals surface area contributed by atoms with Gasteiger partial charge >= 0.3 is 6.18 Å². The van der Waals surface area contributed by atoms with Crippen LogP contribution in [0.1, 0.15) is 30.1 Å². The SMILES string of the molecule is FC(F)(F)c1ccc2c(n1)OC[C@H]2NCC1CC1. The van der Waals surface area contributed by atoms with Crippen LogP contribution in [0.3, 0.4) is 0 Å². The lowest BCUT2D eigenvalue weighted by molar-refractivity contribution is -0.141. The molecule has 2 aliphatic rings. The van der Waals surface area contributed by atoms with Gasteiger partial charge in [0, 0.05) is 5.56 Å². The molecule has 0 aromatic carbocycles. The van der Waals surface area contributed by atoms with Gasteiger partial charge in [0.2, 0.25) is 5.88 Å². The van der Waals surface area contributed by atoms with Crippen molar-refractivity contribution in [3.8, 4) is 5.88 Å². The number of aromatic nitrogens is 1. The molecule has 1 saturated carbocycles. The fourth-order valence-electron chi connectivity index (χ4n) is 2.04. The number of nitrogens with zero attached hydrogens (tertiary/aromatic N) is 1. The zero-order valence-electron chi connectivity index (χ0n) is 9.63. The first-order chi connectivity index (χ1) is 8.54. The quantitative estimate of drug-likeness (QED) is 0.904. The van der Waals surface area contributed by atoms with Gasteiger partial charge in [-0.15, -0.1) is 0 Å². The normalized spacial score (nSPS) is 22.7. The van der Waals surface area contributed by atoms with E-state index in [-0.39, 0.29) is 11.9 Å². The molecule has 1 aliphatic carbocycles. The van der Waals surface area contributed by atoms with Crippen molar-refractivity contribution < 1.29 is 17.9 Å². The van der Waals surface area contributed by atoms with Crippen molar-refractivity contribution in [2.45, 2.75) is 25.1 Å². The van der Waals surface area contributed by atoms with Crippen molar-refractivity contribution in [3.05, 3.63) is 23.4 Å². The van der Waals surface area contributed by atoms with Gasteiger partial charge in [0.05, 0.1) is 6.04 Å². The van der Waals surface area contributed by atoms with Gasteiger partial charge in [-0.2, -0.15) is 13.2 Å². The Morgan fingerprint density at radius 1 is 1.33 bits per heavy atom. The highest BCUT2D eigenvalue weighted by Gasteiger charge is 2.35. The second-order valence-corrected chi connectivity index (χ2v) is 4.80. The molecule has 3 rings (SSSR count). The minimum Gasteiger partial charge on any atom is -0.475 e. The lowest BCUT2D eigenvalue weighted by Gasteiger charge is -2.11. The second-order valence-electron chi connectivity index (χ2n) is 4.80. The van der Waals surface area contributed by atoms with Crippen LogP contribution in [0.2, 0.25) is 0 Å². The molecule has 6 heteroatoms. The van der Waals surface area contributed by atoms with Crippen LogP contribution >= 0.6 is 0 Å². The van der Waals surface area contributed by atoms with Gasteiger partial charge in [0.15, 0.2) is 0 Å². The number of fused-ring (bicyclic) bond motifs is 1. The molecule has 1 atom stereocenters. The molecule has 0 unspecified atom stereocenters. The fourth-order valence-corrected chi connectivity index (χ4v) is 2.04. The van der Waals surface area contributed by atoms with E-state index in [1.54, 1.807) is 0 Å². The molecule has 1 aromatic heterocycles. The molecule has 3 nitrogen and oxygen atoms in total. The van der Waals surface area contributed by atoms with E-state index in [0.29, 0.717) is 6.61 Å². The number of rotatable bonds is 3. The summed E-state index contributed by atoms with van der Waals surface area (Å²) < 4.78 is 42.7. The third-order valence-electron chi connectivity index (χ3n) is 3.29. The molecule has 1 N–H and O–H groups in total. The second kappa shape index (κ2) is 4.12. The molecule has 0 spiro atoms. The van der Waals surface area contributed by atoms with E-state index in [1.807, 2.05) is 0 Å². The molecule has 0 bridgehead atoms. The van der Waals surface area contributed by atoms with Crippen LogP contribution in [-0.2, 0) is 6.18 Å². The summed E-state index contributed by atoms with van der Waals surface area (Å²) in [6, 6.07) is 2.44. The summed E-state index contributed by atoms with van der Waals surface area (Å²) in [7, 11) is 0. The van der Waals surface area contributed by atoms with E-state index >= 15 is 0 Å². The van der Waals surface area contributed by atoms with Gasteiger partial charge in [-0.05, 0) is 37.4 Å². The van der Waals surface area contributed by atoms with E-state index in [0.717, 1.165) is 24.1 Å². The Bertz CT molecular complexity index is 457. The zero-order chi connectivity index (χ0) is 12.8. The summed E-state index contributed by atoms with van der Waals surface area (Å²) in [5, 5.41) is 3.31. The van der Waals surface area contributed by atoms with Gasteiger partial charge in [0.1, 0.15) is 12.3 Å². The smallest absolute Gasteiger partial charge is 0.433 e. The van der Waals surface area contributed by atoms with Gasteiger partial charge in [-0.1, -0.05) is 0 Å². The summed E-state index contributed by atoms with van der Waals surface area (Å²) in [5.74, 6) is 0.828. The Morgan fingerprint density at radius 2 is 2.11 bits per heavy atom. The zero-order valence-corrected chi connectivity index (χ0v) is 9.63. The summed E-state index contributed by atoms with van der Waals surface area (Å²) in [5.41, 5.74) is -0.173. The topological polar surface area (TPSA) is 34.1 Å². The molecule has 1 aliphatic heterocycles. The van der Waals surface area contributed by atoms with Gasteiger partial charge in [-0.3, -0.25) is 0 Å². The number of halogens is 3. The standard InChI is InChI=1S/C12H13F3N2O/c13-12(14,15)10-4-3-8-9(6-18-11(8)17-10)16-5-7-1-2-7/h3-4,7,9,16H,1-2,5-6H2/t9-/m1/s1. The van der Waals surface area contributed by atoms with E-state index in [4.69, 9.17) is 4.74 Å². The van der Waals surface area contributed by atoms with Crippen molar-refractivity contribution in [1.82, 2.24) is 10.3 Å². The van der Waals surface area contributed by atoms with Crippen molar-refractivity contribution in [1.29, 1.82) is 0 Å². The van der Waals surface area contributed by atoms with Crippen molar-refractivity contribution >= 4 is 0 Å². The summed E-state index contributed by atoms with van der Waals surface area (Å²) in [6.45, 7) is 1.25. The van der Waals surface area contributed by atoms with Crippen LogP contribution in [0.25, 0.3) is 0 Å². The first-order valence-electron chi connectivity index (χ1n) is 5.98. The van der Waals surface area contributed by atoms with Crippen molar-refractivity contribution in [2.24, 2.45) is 5.92 Å². The molecular formula is C12H13F3N2O. The lowest BCUT2D eigenvalue weighted by atomic mass is 10.1. The van der Waals surface area contributed by atoms with Crippen LogP contribution in [0.5, 0.6) is 5.88 Å². The molecule has 1 fully saturated rings. The largest absolute Gasteiger partial charge is 0.475 e. The minimum atomic E-state index is -4.42. The molecule has 0 amide bonds. The molecule has 2 heterocycles. The van der Waals surface area contributed by atoms with Gasteiger partial charge in [0.25, 0.3) is 0 Å². The number of alkyl halides is 3. The molecule has 18 heavy (non-hydrogen) atoms. The maximum Gasteiger partial charge on any atom is 0.433 e. The average molecular weight is 258 g/mol. The number of pyridine rings is 1. The van der Waals surface area contributed by atoms with Gasteiger partial charge < -0.3 is 10.1 Å². The summed E-state index contributed by atoms with van der Waals surface area (Å²) in [4.78, 5) is 3.53. The van der Waals surface area contributed by atoms with Crippen LogP contribution in [0.15, 0.2) is 12.1 Å². The maximum atomic E-state index is 12.5. The van der Waals surface area contributed by atoms with Crippen molar-refractivity contribution in [3.63, 3.8) is 0 Å². The number of ether oxygens (including phenoxy) is 1. The van der Waals surface area contributed by atoms with E-state index in [9.17, 15) is 13.2 Å². The Balaban J connectivity index is 1.75. The highest BCUT2D eigenvalue weighted by atomic mass is 19.4. The first kappa shape index (κ1) is 11.8. The molecular weight excluding hydrogens is 245 g/mol. The predicted octanol–water partition coefficient (Wildman–Crippen LogP) is 2.53. The van der Waals surface area contributed by atoms with Crippen LogP contribution in [-0.4, -0.2) is 18.1 Å². The van der Waals surface area contributed by atoms with Crippen LogP contribution < -0.4 is 10.1 Å². The van der Waals surface area contributed by atoms with E-state index in [2.05, 4.69) is 10.3 Å². The van der Waals surface area contributed by atoms with Crippen LogP contribution in [0.4, 0.5) is 13.2 Å². The molecule has 0 radical (unpaired) electrons. The number of nitrogens with one attached hydrogen (secondary N) is 1. The maximum absolute atomic E-state index is 12.5. The number of hydrogen-bond acceptors (Lipinski definition) is 3. The fraction of sp³-hybridized carbons (Fsp3) is 0.583. The van der Waals surface area contributed by atoms with Gasteiger partial charge in [-0.25, -0.2) is 4.98 Å². The van der Waals surface area contributed by atoms with E-state index < -0.39 is 11.9 Å². The Kier molecular flexibility index (Phi) is 2.69. The monoisotopic (exact) mass is 258 g/mol. The summed E-state index contributed by atoms with van der Waals surface area (Å²) in [6.07, 6.45) is -1.95. The highest BCUT2D eigenvalue weighted by Crippen LogP contribution is 2.36. The van der Waals surface area contributed by atoms with Crippen LogP contribution in [0, 0.1) is 5.92 Å². The third kappa shape index (κ3) is 2.29. The highest BCUT2D eigenvalue weighted by molar-refractivity contribution is 5.35. The first-order valence-corrected chi connectivity index (χ1v) is 5.98. The molecule has 0 saturated heterocycles. The van der Waals surface area contributed by atoms with E-state index in [1.165, 1.54) is 18.9 Å². The Hall–Kier alpha value is -1.30. The molecule has 1 aromatic rings. The minimum absolute atomic E-state index is 0.0321. The number of hydrogen-bond donors (Lipinski definition) is 1. The molecule has 98 valence electrons. The average Bonchev–Trinajstić information content (AvgIpc) is 3.05. The summed E-state index contributed by atoms with van der Waals surface area (Å²) >= 11 is 0. The van der Waals surface area contributed by atoms with Crippen molar-refractivity contribution in [2.75, 3.05) is 13.2 Å². The Morgan fingerprint density at radius 3 is 2.78 bits per heavy atom. The lowest BCUT2D eigenvalue weighted by Crippen LogP contribution is -2.24.